The molecule has 3 heterocycles. The number of anilines is 1. The second kappa shape index (κ2) is 6.94. The summed E-state index contributed by atoms with van der Waals surface area (Å²) >= 11 is 3.44. The summed E-state index contributed by atoms with van der Waals surface area (Å²) in [5.41, 5.74) is 4.96. The highest BCUT2D eigenvalue weighted by molar-refractivity contribution is 7.19. The van der Waals surface area contributed by atoms with E-state index < -0.39 is 0 Å². The molecule has 1 aliphatic rings. The van der Waals surface area contributed by atoms with E-state index in [2.05, 4.69) is 75.9 Å². The summed E-state index contributed by atoms with van der Waals surface area (Å²) in [6.07, 6.45) is 4.24. The topological polar surface area (TPSA) is 42.7 Å². The number of hydrogen-bond acceptors (Lipinski definition) is 5. The Labute approximate surface area is 166 Å². The first-order valence-corrected chi connectivity index (χ1v) is 10.8. The number of fused-ring (bicyclic) bond motifs is 1. The Bertz CT molecular complexity index is 1040. The third kappa shape index (κ3) is 3.31. The van der Waals surface area contributed by atoms with Gasteiger partial charge in [0, 0.05) is 11.1 Å². The molecule has 0 unspecified atom stereocenters. The largest absolute Gasteiger partial charge is 0.357 e. The molecule has 1 aromatic carbocycles. The number of aryl methyl sites for hydroxylation is 1. The molecule has 0 saturated heterocycles. The van der Waals surface area contributed by atoms with E-state index in [1.165, 1.54) is 16.0 Å². The number of thiazole rings is 1. The number of thiophene rings is 1. The number of aromatic nitrogens is 3. The van der Waals surface area contributed by atoms with E-state index in [9.17, 15) is 0 Å². The van der Waals surface area contributed by atoms with E-state index in [1.807, 2.05) is 0 Å². The monoisotopic (exact) mass is 392 g/mol. The van der Waals surface area contributed by atoms with Crippen LogP contribution in [0.3, 0.4) is 0 Å². The van der Waals surface area contributed by atoms with Crippen LogP contribution in [0.5, 0.6) is 0 Å². The van der Waals surface area contributed by atoms with Crippen molar-refractivity contribution in [3.63, 3.8) is 0 Å². The van der Waals surface area contributed by atoms with Crippen LogP contribution in [0.4, 0.5) is 5.13 Å². The number of rotatable bonds is 5. The van der Waals surface area contributed by atoms with E-state index >= 15 is 0 Å². The summed E-state index contributed by atoms with van der Waals surface area (Å²) in [5, 5.41) is 11.4. The van der Waals surface area contributed by atoms with Gasteiger partial charge in [-0.1, -0.05) is 41.7 Å². The molecule has 4 aromatic rings. The first-order chi connectivity index (χ1) is 13.3. The normalized spacial score (nSPS) is 13.8. The van der Waals surface area contributed by atoms with Gasteiger partial charge in [0.15, 0.2) is 5.13 Å². The molecule has 27 heavy (non-hydrogen) atoms. The maximum atomic E-state index is 4.89. The van der Waals surface area contributed by atoms with Crippen LogP contribution in [-0.2, 0) is 19.4 Å². The highest BCUT2D eigenvalue weighted by Crippen LogP contribution is 2.34. The lowest BCUT2D eigenvalue weighted by Crippen LogP contribution is -2.09. The molecule has 1 N–H and O–H groups in total. The van der Waals surface area contributed by atoms with Crippen molar-refractivity contribution in [3.8, 4) is 10.6 Å². The van der Waals surface area contributed by atoms with Crippen molar-refractivity contribution in [2.45, 2.75) is 32.4 Å². The van der Waals surface area contributed by atoms with Crippen LogP contribution in [0.1, 0.15) is 27.7 Å². The molecule has 3 aromatic heterocycles. The molecule has 5 rings (SSSR count). The van der Waals surface area contributed by atoms with Gasteiger partial charge in [0.1, 0.15) is 5.69 Å². The lowest BCUT2D eigenvalue weighted by molar-refractivity contribution is 0.476. The van der Waals surface area contributed by atoms with Crippen molar-refractivity contribution >= 4 is 27.8 Å². The third-order valence-corrected chi connectivity index (χ3v) is 7.05. The molecule has 0 aliphatic heterocycles. The van der Waals surface area contributed by atoms with Crippen LogP contribution in [0, 0.1) is 6.92 Å². The van der Waals surface area contributed by atoms with Gasteiger partial charge in [-0.05, 0) is 48.4 Å². The summed E-state index contributed by atoms with van der Waals surface area (Å²) in [7, 11) is 0. The van der Waals surface area contributed by atoms with Gasteiger partial charge >= 0.3 is 0 Å². The van der Waals surface area contributed by atoms with Crippen LogP contribution >= 0.6 is 22.7 Å². The zero-order valence-electron chi connectivity index (χ0n) is 15.1. The predicted octanol–water partition coefficient (Wildman–Crippen LogP) is 5.33. The van der Waals surface area contributed by atoms with Crippen LogP contribution < -0.4 is 5.32 Å². The van der Waals surface area contributed by atoms with Gasteiger partial charge in [-0.2, -0.15) is 5.10 Å². The predicted molar refractivity (Wildman–Crippen MR) is 113 cm³/mol. The molecule has 0 radical (unpaired) electrons. The Morgan fingerprint density at radius 2 is 1.93 bits per heavy atom. The number of hydrogen-bond donors (Lipinski definition) is 1. The van der Waals surface area contributed by atoms with Gasteiger partial charge in [0.05, 0.1) is 23.2 Å². The SMILES string of the molecule is Cc1nc(NCc2cccs2)sc1-c1ccn(C2Cc3ccccc3C2)n1. The fourth-order valence-electron chi connectivity index (χ4n) is 3.67. The highest BCUT2D eigenvalue weighted by Gasteiger charge is 2.23. The molecular formula is C21H20N4S2. The zero-order valence-corrected chi connectivity index (χ0v) is 16.7. The van der Waals surface area contributed by atoms with E-state index in [1.54, 1.807) is 22.7 Å². The molecule has 6 heteroatoms. The van der Waals surface area contributed by atoms with E-state index in [-0.39, 0.29) is 0 Å². The molecule has 0 saturated carbocycles. The van der Waals surface area contributed by atoms with E-state index in [0.29, 0.717) is 6.04 Å². The molecule has 4 nitrogen and oxygen atoms in total. The molecule has 136 valence electrons. The maximum Gasteiger partial charge on any atom is 0.183 e. The Kier molecular flexibility index (Phi) is 4.30. The summed E-state index contributed by atoms with van der Waals surface area (Å²) in [5.74, 6) is 0. The Morgan fingerprint density at radius 3 is 2.67 bits per heavy atom. The lowest BCUT2D eigenvalue weighted by Gasteiger charge is -2.09. The fourth-order valence-corrected chi connectivity index (χ4v) is 5.24. The first kappa shape index (κ1) is 16.7. The second-order valence-electron chi connectivity index (χ2n) is 6.88. The van der Waals surface area contributed by atoms with E-state index in [4.69, 9.17) is 5.10 Å². The minimum absolute atomic E-state index is 0.417. The van der Waals surface area contributed by atoms with Gasteiger partial charge in [-0.15, -0.1) is 11.3 Å². The Morgan fingerprint density at radius 1 is 1.11 bits per heavy atom. The minimum Gasteiger partial charge on any atom is -0.357 e. The smallest absolute Gasteiger partial charge is 0.183 e. The molecule has 0 bridgehead atoms. The van der Waals surface area contributed by atoms with Crippen LogP contribution in [0.15, 0.2) is 54.0 Å². The highest BCUT2D eigenvalue weighted by atomic mass is 32.1. The van der Waals surface area contributed by atoms with Crippen LogP contribution in [0.2, 0.25) is 0 Å². The molecule has 0 spiro atoms. The third-order valence-electron chi connectivity index (χ3n) is 5.04. The van der Waals surface area contributed by atoms with Gasteiger partial charge < -0.3 is 5.32 Å². The quantitative estimate of drug-likeness (QED) is 0.499. The molecule has 0 fully saturated rings. The summed E-state index contributed by atoms with van der Waals surface area (Å²) in [6.45, 7) is 2.88. The van der Waals surface area contributed by atoms with Crippen molar-refractivity contribution in [3.05, 3.63) is 75.7 Å². The number of nitrogens with zero attached hydrogens (tertiary/aromatic N) is 3. The van der Waals surface area contributed by atoms with Crippen LogP contribution in [0.25, 0.3) is 10.6 Å². The standard InChI is InChI=1S/C21H20N4S2/c1-14-20(27-21(23-14)22-13-18-7-4-10-26-18)19-8-9-25(24-19)17-11-15-5-2-3-6-16(15)12-17/h2-10,17H,11-13H2,1H3,(H,22,23). The van der Waals surface area contributed by atoms with Gasteiger partial charge in [-0.3, -0.25) is 4.68 Å². The zero-order chi connectivity index (χ0) is 18.2. The van der Waals surface area contributed by atoms with Crippen molar-refractivity contribution < 1.29 is 0 Å². The molecule has 0 atom stereocenters. The Balaban J connectivity index is 1.33. The second-order valence-corrected chi connectivity index (χ2v) is 8.91. The average molecular weight is 393 g/mol. The molecule has 1 aliphatic carbocycles. The van der Waals surface area contributed by atoms with Crippen LogP contribution in [-0.4, -0.2) is 14.8 Å². The van der Waals surface area contributed by atoms with Crippen molar-refractivity contribution in [1.29, 1.82) is 0 Å². The van der Waals surface area contributed by atoms with Gasteiger partial charge in [-0.25, -0.2) is 4.98 Å². The molecule has 0 amide bonds. The van der Waals surface area contributed by atoms with Crippen molar-refractivity contribution in [2.24, 2.45) is 0 Å². The van der Waals surface area contributed by atoms with Gasteiger partial charge in [0.25, 0.3) is 0 Å². The van der Waals surface area contributed by atoms with E-state index in [0.717, 1.165) is 40.8 Å². The summed E-state index contributed by atoms with van der Waals surface area (Å²) in [4.78, 5) is 7.15. The van der Waals surface area contributed by atoms with Crippen molar-refractivity contribution in [2.75, 3.05) is 5.32 Å². The van der Waals surface area contributed by atoms with Gasteiger partial charge in [0.2, 0.25) is 0 Å². The molecular weight excluding hydrogens is 372 g/mol. The number of benzene rings is 1. The summed E-state index contributed by atoms with van der Waals surface area (Å²) < 4.78 is 2.13. The number of nitrogens with one attached hydrogen (secondary N) is 1. The summed E-state index contributed by atoms with van der Waals surface area (Å²) in [6, 6.07) is 15.5. The van der Waals surface area contributed by atoms with Crippen molar-refractivity contribution in [1.82, 2.24) is 14.8 Å². The lowest BCUT2D eigenvalue weighted by atomic mass is 10.1. The first-order valence-electron chi connectivity index (χ1n) is 9.12. The maximum absolute atomic E-state index is 4.89. The fraction of sp³-hybridized carbons (Fsp3) is 0.238. The average Bonchev–Trinajstić information content (AvgIpc) is 3.44. The minimum atomic E-state index is 0.417. The Hall–Kier alpha value is -2.44.